The standard InChI is InChI=1S/C38H45N3O4S/c1-27(2)24-39-38(43)36(23-32-12-8-7-9-13-32)40(25-33-19-15-28(3)16-20-33)37(42)26-41(35-14-10-11-30(5)31(35)6)46(44,45)34-21-17-29(4)18-22-34/h7-22,27,36H,23-26H2,1-6H3,(H,39,43)/t36-/m1/s1. The fourth-order valence-electron chi connectivity index (χ4n) is 5.22. The second kappa shape index (κ2) is 15.2. The van der Waals surface area contributed by atoms with Gasteiger partial charge >= 0.3 is 0 Å². The summed E-state index contributed by atoms with van der Waals surface area (Å²) in [6.45, 7) is 11.8. The molecule has 0 aliphatic rings. The van der Waals surface area contributed by atoms with Crippen LogP contribution in [0.2, 0.25) is 0 Å². The molecule has 0 aromatic heterocycles. The molecular weight excluding hydrogens is 595 g/mol. The predicted molar refractivity (Wildman–Crippen MR) is 185 cm³/mol. The third-order valence-electron chi connectivity index (χ3n) is 8.16. The quantitative estimate of drug-likeness (QED) is 0.180. The highest BCUT2D eigenvalue weighted by atomic mass is 32.2. The second-order valence-electron chi connectivity index (χ2n) is 12.4. The Kier molecular flexibility index (Phi) is 11.4. The zero-order valence-corrected chi connectivity index (χ0v) is 28.5. The van der Waals surface area contributed by atoms with Crippen molar-refractivity contribution in [1.29, 1.82) is 0 Å². The van der Waals surface area contributed by atoms with Gasteiger partial charge < -0.3 is 10.2 Å². The molecule has 4 rings (SSSR count). The molecule has 0 unspecified atom stereocenters. The molecule has 0 radical (unpaired) electrons. The van der Waals surface area contributed by atoms with Crippen molar-refractivity contribution in [2.45, 2.75) is 65.4 Å². The van der Waals surface area contributed by atoms with E-state index in [9.17, 15) is 18.0 Å². The summed E-state index contributed by atoms with van der Waals surface area (Å²) < 4.78 is 29.8. The van der Waals surface area contributed by atoms with Crippen LogP contribution in [0.15, 0.2) is 102 Å². The molecule has 0 aliphatic carbocycles. The first-order chi connectivity index (χ1) is 21.9. The first-order valence-electron chi connectivity index (χ1n) is 15.7. The number of benzene rings is 4. The number of carbonyl (C=O) groups is 2. The third-order valence-corrected chi connectivity index (χ3v) is 9.94. The fourth-order valence-corrected chi connectivity index (χ4v) is 6.69. The Labute approximate surface area is 274 Å². The zero-order chi connectivity index (χ0) is 33.4. The van der Waals surface area contributed by atoms with Gasteiger partial charge in [-0.3, -0.25) is 13.9 Å². The lowest BCUT2D eigenvalue weighted by Gasteiger charge is -2.34. The number of amides is 2. The molecule has 2 amide bonds. The minimum atomic E-state index is -4.16. The summed E-state index contributed by atoms with van der Waals surface area (Å²) in [5, 5.41) is 3.03. The topological polar surface area (TPSA) is 86.8 Å². The zero-order valence-electron chi connectivity index (χ0n) is 27.7. The minimum Gasteiger partial charge on any atom is -0.354 e. The average Bonchev–Trinajstić information content (AvgIpc) is 3.03. The van der Waals surface area contributed by atoms with Crippen molar-refractivity contribution in [2.75, 3.05) is 17.4 Å². The Morgan fingerprint density at radius 2 is 1.35 bits per heavy atom. The maximum Gasteiger partial charge on any atom is 0.264 e. The number of carbonyl (C=O) groups excluding carboxylic acids is 2. The minimum absolute atomic E-state index is 0.0902. The molecule has 0 saturated heterocycles. The highest BCUT2D eigenvalue weighted by Crippen LogP contribution is 2.29. The fraction of sp³-hybridized carbons (Fsp3) is 0.316. The smallest absolute Gasteiger partial charge is 0.264 e. The van der Waals surface area contributed by atoms with E-state index < -0.39 is 28.5 Å². The van der Waals surface area contributed by atoms with Crippen molar-refractivity contribution in [3.63, 3.8) is 0 Å². The van der Waals surface area contributed by atoms with Crippen LogP contribution in [-0.4, -0.2) is 44.3 Å². The normalized spacial score (nSPS) is 12.1. The number of anilines is 1. The maximum absolute atomic E-state index is 14.6. The number of nitrogens with zero attached hydrogens (tertiary/aromatic N) is 2. The Hall–Kier alpha value is -4.43. The summed E-state index contributed by atoms with van der Waals surface area (Å²) >= 11 is 0. The van der Waals surface area contributed by atoms with Gasteiger partial charge in [0, 0.05) is 19.5 Å². The van der Waals surface area contributed by atoms with E-state index >= 15 is 0 Å². The van der Waals surface area contributed by atoms with E-state index in [1.54, 1.807) is 36.4 Å². The molecule has 1 N–H and O–H groups in total. The Balaban J connectivity index is 1.82. The monoisotopic (exact) mass is 639 g/mol. The molecule has 0 saturated carbocycles. The van der Waals surface area contributed by atoms with Gasteiger partial charge in [-0.2, -0.15) is 0 Å². The van der Waals surface area contributed by atoms with Crippen LogP contribution in [0.4, 0.5) is 5.69 Å². The SMILES string of the molecule is Cc1ccc(CN(C(=O)CN(c2cccc(C)c2C)S(=O)(=O)c2ccc(C)cc2)[C@H](Cc2ccccc2)C(=O)NCC(C)C)cc1. The highest BCUT2D eigenvalue weighted by molar-refractivity contribution is 7.92. The van der Waals surface area contributed by atoms with Gasteiger partial charge in [0.15, 0.2) is 0 Å². The van der Waals surface area contributed by atoms with Gasteiger partial charge in [-0.05, 0) is 74.1 Å². The largest absolute Gasteiger partial charge is 0.354 e. The highest BCUT2D eigenvalue weighted by Gasteiger charge is 2.35. The van der Waals surface area contributed by atoms with Gasteiger partial charge in [0.1, 0.15) is 12.6 Å². The van der Waals surface area contributed by atoms with Gasteiger partial charge in [-0.1, -0.05) is 104 Å². The molecule has 0 bridgehead atoms. The van der Waals surface area contributed by atoms with Crippen molar-refractivity contribution >= 4 is 27.5 Å². The number of sulfonamides is 1. The first-order valence-corrected chi connectivity index (χ1v) is 17.1. The summed E-state index contributed by atoms with van der Waals surface area (Å²) in [4.78, 5) is 30.2. The van der Waals surface area contributed by atoms with E-state index in [0.717, 1.165) is 33.4 Å². The number of hydrogen-bond donors (Lipinski definition) is 1. The van der Waals surface area contributed by atoms with E-state index in [0.29, 0.717) is 12.2 Å². The van der Waals surface area contributed by atoms with Crippen LogP contribution in [-0.2, 0) is 32.6 Å². The van der Waals surface area contributed by atoms with Gasteiger partial charge in [0.25, 0.3) is 10.0 Å². The lowest BCUT2D eigenvalue weighted by atomic mass is 10.0. The van der Waals surface area contributed by atoms with Crippen molar-refractivity contribution in [1.82, 2.24) is 10.2 Å². The Morgan fingerprint density at radius 1 is 0.739 bits per heavy atom. The van der Waals surface area contributed by atoms with Crippen LogP contribution in [0.5, 0.6) is 0 Å². The molecule has 8 heteroatoms. The van der Waals surface area contributed by atoms with Gasteiger partial charge in [0.2, 0.25) is 11.8 Å². The van der Waals surface area contributed by atoms with Crippen LogP contribution in [0.1, 0.15) is 47.2 Å². The molecule has 46 heavy (non-hydrogen) atoms. The Bertz CT molecular complexity index is 1740. The van der Waals surface area contributed by atoms with Crippen molar-refractivity contribution in [3.05, 3.63) is 130 Å². The van der Waals surface area contributed by atoms with Crippen molar-refractivity contribution < 1.29 is 18.0 Å². The van der Waals surface area contributed by atoms with E-state index in [2.05, 4.69) is 5.32 Å². The summed E-state index contributed by atoms with van der Waals surface area (Å²) in [5.74, 6) is -0.544. The lowest BCUT2D eigenvalue weighted by molar-refractivity contribution is -0.140. The number of nitrogens with one attached hydrogen (secondary N) is 1. The number of rotatable bonds is 13. The molecule has 0 aliphatic heterocycles. The van der Waals surface area contributed by atoms with Crippen LogP contribution in [0.3, 0.4) is 0 Å². The van der Waals surface area contributed by atoms with Gasteiger partial charge in [-0.15, -0.1) is 0 Å². The predicted octanol–water partition coefficient (Wildman–Crippen LogP) is 6.53. The summed E-state index contributed by atoms with van der Waals surface area (Å²) in [7, 11) is -4.16. The molecule has 0 fully saturated rings. The summed E-state index contributed by atoms with van der Waals surface area (Å²) in [6.07, 6.45) is 0.274. The molecule has 0 spiro atoms. The average molecular weight is 640 g/mol. The van der Waals surface area contributed by atoms with E-state index in [1.807, 2.05) is 102 Å². The molecule has 242 valence electrons. The lowest BCUT2D eigenvalue weighted by Crippen LogP contribution is -2.53. The maximum atomic E-state index is 14.6. The second-order valence-corrected chi connectivity index (χ2v) is 14.3. The van der Waals surface area contributed by atoms with Gasteiger partial charge in [-0.25, -0.2) is 8.42 Å². The summed E-state index contributed by atoms with van der Waals surface area (Å²) in [6, 6.07) is 28.6. The van der Waals surface area contributed by atoms with E-state index in [1.165, 1.54) is 9.21 Å². The van der Waals surface area contributed by atoms with Crippen molar-refractivity contribution in [2.24, 2.45) is 5.92 Å². The Morgan fingerprint density at radius 3 is 1.96 bits per heavy atom. The number of hydrogen-bond acceptors (Lipinski definition) is 4. The van der Waals surface area contributed by atoms with E-state index in [4.69, 9.17) is 0 Å². The van der Waals surface area contributed by atoms with Crippen LogP contribution >= 0.6 is 0 Å². The van der Waals surface area contributed by atoms with Crippen LogP contribution in [0, 0.1) is 33.6 Å². The third kappa shape index (κ3) is 8.63. The first kappa shape index (κ1) is 34.4. The van der Waals surface area contributed by atoms with Gasteiger partial charge in [0.05, 0.1) is 10.6 Å². The van der Waals surface area contributed by atoms with E-state index in [-0.39, 0.29) is 29.7 Å². The molecule has 1 atom stereocenters. The van der Waals surface area contributed by atoms with Crippen LogP contribution < -0.4 is 9.62 Å². The molecule has 0 heterocycles. The molecule has 4 aromatic carbocycles. The van der Waals surface area contributed by atoms with Crippen LogP contribution in [0.25, 0.3) is 0 Å². The molecule has 4 aromatic rings. The molecular formula is C38H45N3O4S. The van der Waals surface area contributed by atoms with Crippen molar-refractivity contribution in [3.8, 4) is 0 Å². The molecule has 7 nitrogen and oxygen atoms in total. The summed E-state index contributed by atoms with van der Waals surface area (Å²) in [5.41, 5.74) is 5.82. The number of aryl methyl sites for hydroxylation is 3.